The predicted octanol–water partition coefficient (Wildman–Crippen LogP) is 2.11. The summed E-state index contributed by atoms with van der Waals surface area (Å²) in [5, 5.41) is 2.26. The van der Waals surface area contributed by atoms with Crippen LogP contribution in [0, 0.1) is 11.8 Å². The summed E-state index contributed by atoms with van der Waals surface area (Å²) in [5.41, 5.74) is 0. The van der Waals surface area contributed by atoms with Crippen molar-refractivity contribution in [2.24, 2.45) is 11.8 Å². The highest BCUT2D eigenvalue weighted by molar-refractivity contribution is 7.80. The van der Waals surface area contributed by atoms with Crippen molar-refractivity contribution in [3.63, 3.8) is 0 Å². The minimum Gasteiger partial charge on any atom is -0.384 e. The molecule has 2 unspecified atom stereocenters. The second kappa shape index (κ2) is 7.78. The SMILES string of the molecule is [B][C@H]1CC(CN(C)OCC(C)C)[C@@H](CC(C)S)O1. The van der Waals surface area contributed by atoms with Gasteiger partial charge in [0.2, 0.25) is 0 Å². The molecule has 0 aromatic carbocycles. The lowest BCUT2D eigenvalue weighted by atomic mass is 9.89. The Bertz CT molecular complexity index is 241. The van der Waals surface area contributed by atoms with E-state index in [0.29, 0.717) is 17.1 Å². The topological polar surface area (TPSA) is 21.7 Å². The van der Waals surface area contributed by atoms with Gasteiger partial charge in [0.1, 0.15) is 7.85 Å². The van der Waals surface area contributed by atoms with Crippen molar-refractivity contribution in [3.05, 3.63) is 0 Å². The molecule has 1 fully saturated rings. The fourth-order valence-corrected chi connectivity index (χ4v) is 2.48. The fraction of sp³-hybridized carbons (Fsp3) is 1.00. The number of ether oxygens (including phenoxy) is 1. The number of hydrogen-bond acceptors (Lipinski definition) is 4. The smallest absolute Gasteiger partial charge is 0.109 e. The maximum absolute atomic E-state index is 5.88. The third-order valence-electron chi connectivity index (χ3n) is 3.10. The zero-order valence-electron chi connectivity index (χ0n) is 12.0. The highest BCUT2D eigenvalue weighted by atomic mass is 32.1. The van der Waals surface area contributed by atoms with E-state index in [1.165, 1.54) is 0 Å². The molecule has 1 rings (SSSR count). The summed E-state index contributed by atoms with van der Waals surface area (Å²) in [7, 11) is 7.86. The van der Waals surface area contributed by atoms with Gasteiger partial charge in [-0.15, -0.1) is 0 Å². The van der Waals surface area contributed by atoms with Crippen molar-refractivity contribution in [3.8, 4) is 0 Å². The molecule has 3 nitrogen and oxygen atoms in total. The fourth-order valence-electron chi connectivity index (χ4n) is 2.28. The average molecular weight is 271 g/mol. The van der Waals surface area contributed by atoms with E-state index in [0.717, 1.165) is 26.0 Å². The molecule has 1 saturated heterocycles. The molecular weight excluding hydrogens is 245 g/mol. The van der Waals surface area contributed by atoms with Crippen molar-refractivity contribution in [1.29, 1.82) is 0 Å². The normalized spacial score (nSPS) is 30.3. The number of hydrogen-bond donors (Lipinski definition) is 1. The lowest BCUT2D eigenvalue weighted by molar-refractivity contribution is -0.158. The molecule has 104 valence electrons. The van der Waals surface area contributed by atoms with Crippen molar-refractivity contribution >= 4 is 20.5 Å². The third-order valence-corrected chi connectivity index (χ3v) is 3.31. The molecule has 1 heterocycles. The van der Waals surface area contributed by atoms with Gasteiger partial charge in [0.25, 0.3) is 0 Å². The van der Waals surface area contributed by atoms with Gasteiger partial charge in [-0.3, -0.25) is 4.84 Å². The van der Waals surface area contributed by atoms with Crippen LogP contribution in [0.15, 0.2) is 0 Å². The molecule has 18 heavy (non-hydrogen) atoms. The maximum Gasteiger partial charge on any atom is 0.109 e. The van der Waals surface area contributed by atoms with Gasteiger partial charge in [-0.05, 0) is 18.8 Å². The third kappa shape index (κ3) is 5.96. The van der Waals surface area contributed by atoms with E-state index >= 15 is 0 Å². The second-order valence-corrected chi connectivity index (χ2v) is 6.68. The highest BCUT2D eigenvalue weighted by Crippen LogP contribution is 2.29. The Balaban J connectivity index is 2.38. The maximum atomic E-state index is 5.88. The molecular formula is C13H26BNO2S. The van der Waals surface area contributed by atoms with Crippen molar-refractivity contribution in [2.75, 3.05) is 20.2 Å². The number of nitrogens with zero attached hydrogens (tertiary/aromatic N) is 1. The molecule has 1 aliphatic rings. The summed E-state index contributed by atoms with van der Waals surface area (Å²) in [4.78, 5) is 5.67. The first-order chi connectivity index (χ1) is 8.38. The minimum atomic E-state index is -0.134. The number of thiol groups is 1. The zero-order valence-corrected chi connectivity index (χ0v) is 12.9. The van der Waals surface area contributed by atoms with Crippen LogP contribution in [0.1, 0.15) is 33.6 Å². The first kappa shape index (κ1) is 16.3. The van der Waals surface area contributed by atoms with Crippen molar-refractivity contribution < 1.29 is 9.57 Å². The Labute approximate surface area is 118 Å². The zero-order chi connectivity index (χ0) is 13.7. The molecule has 0 bridgehead atoms. The highest BCUT2D eigenvalue weighted by Gasteiger charge is 2.33. The van der Waals surface area contributed by atoms with E-state index in [9.17, 15) is 0 Å². The summed E-state index contributed by atoms with van der Waals surface area (Å²) < 4.78 is 5.76. The molecule has 0 aromatic heterocycles. The van der Waals surface area contributed by atoms with Crippen LogP contribution in [0.5, 0.6) is 0 Å². The predicted molar refractivity (Wildman–Crippen MR) is 79.0 cm³/mol. The van der Waals surface area contributed by atoms with Crippen LogP contribution in [0.25, 0.3) is 0 Å². The molecule has 0 amide bonds. The van der Waals surface area contributed by atoms with Crippen LogP contribution >= 0.6 is 12.6 Å². The van der Waals surface area contributed by atoms with E-state index in [-0.39, 0.29) is 12.1 Å². The van der Waals surface area contributed by atoms with Gasteiger partial charge in [-0.2, -0.15) is 17.7 Å². The molecule has 2 radical (unpaired) electrons. The number of hydroxylamine groups is 2. The second-order valence-electron chi connectivity index (χ2n) is 5.79. The first-order valence-corrected chi connectivity index (χ1v) is 7.33. The van der Waals surface area contributed by atoms with Crippen LogP contribution in [0.4, 0.5) is 0 Å². The van der Waals surface area contributed by atoms with Crippen LogP contribution < -0.4 is 0 Å². The monoisotopic (exact) mass is 271 g/mol. The molecule has 0 aliphatic carbocycles. The summed E-state index contributed by atoms with van der Waals surface area (Å²) in [6, 6.07) is -0.134. The van der Waals surface area contributed by atoms with Gasteiger partial charge in [0, 0.05) is 30.8 Å². The van der Waals surface area contributed by atoms with E-state index in [4.69, 9.17) is 17.4 Å². The van der Waals surface area contributed by atoms with Gasteiger partial charge in [-0.1, -0.05) is 20.8 Å². The van der Waals surface area contributed by atoms with E-state index < -0.39 is 0 Å². The first-order valence-electron chi connectivity index (χ1n) is 6.81. The molecule has 4 atom stereocenters. The molecule has 0 N–H and O–H groups in total. The number of rotatable bonds is 7. The van der Waals surface area contributed by atoms with E-state index in [1.54, 1.807) is 0 Å². The van der Waals surface area contributed by atoms with Gasteiger partial charge in [0.05, 0.1) is 12.7 Å². The summed E-state index contributed by atoms with van der Waals surface area (Å²) >= 11 is 4.44. The van der Waals surface area contributed by atoms with Crippen molar-refractivity contribution in [1.82, 2.24) is 5.06 Å². The largest absolute Gasteiger partial charge is 0.384 e. The Morgan fingerprint density at radius 2 is 2.11 bits per heavy atom. The Hall–Kier alpha value is 0.295. The average Bonchev–Trinajstić information content (AvgIpc) is 2.55. The summed E-state index contributed by atoms with van der Waals surface area (Å²) in [6.45, 7) is 8.00. The molecule has 0 aromatic rings. The summed E-state index contributed by atoms with van der Waals surface area (Å²) in [6.07, 6.45) is 2.05. The van der Waals surface area contributed by atoms with Gasteiger partial charge in [0.15, 0.2) is 0 Å². The van der Waals surface area contributed by atoms with E-state index in [2.05, 4.69) is 33.4 Å². The van der Waals surface area contributed by atoms with Crippen LogP contribution in [0.2, 0.25) is 0 Å². The van der Waals surface area contributed by atoms with Gasteiger partial charge < -0.3 is 4.74 Å². The Kier molecular flexibility index (Phi) is 7.07. The molecule has 0 saturated carbocycles. The molecule has 0 spiro atoms. The Morgan fingerprint density at radius 3 is 2.67 bits per heavy atom. The van der Waals surface area contributed by atoms with Crippen LogP contribution in [-0.4, -0.2) is 50.5 Å². The lowest BCUT2D eigenvalue weighted by Crippen LogP contribution is -2.32. The molecule has 5 heteroatoms. The Morgan fingerprint density at radius 1 is 1.44 bits per heavy atom. The quantitative estimate of drug-likeness (QED) is 0.435. The van der Waals surface area contributed by atoms with Crippen LogP contribution in [-0.2, 0) is 9.57 Å². The van der Waals surface area contributed by atoms with E-state index in [1.807, 2.05) is 12.1 Å². The van der Waals surface area contributed by atoms with Crippen molar-refractivity contribution in [2.45, 2.75) is 51.0 Å². The standard InChI is InChI=1S/C13H26BNO2S/c1-9(2)8-16-15(4)7-11-6-13(14)17-12(11)5-10(3)18/h9-13,18H,5-8H2,1-4H3/t10?,11?,12-,13-/m1/s1. The summed E-state index contributed by atoms with van der Waals surface area (Å²) in [5.74, 6) is 0.981. The van der Waals surface area contributed by atoms with Crippen LogP contribution in [0.3, 0.4) is 0 Å². The van der Waals surface area contributed by atoms with Gasteiger partial charge in [-0.25, -0.2) is 0 Å². The minimum absolute atomic E-state index is 0.134. The van der Waals surface area contributed by atoms with Gasteiger partial charge >= 0.3 is 0 Å². The molecule has 1 aliphatic heterocycles. The lowest BCUT2D eigenvalue weighted by Gasteiger charge is -2.25.